The van der Waals surface area contributed by atoms with E-state index in [1.807, 2.05) is 44.2 Å². The number of sulfonamides is 1. The van der Waals surface area contributed by atoms with Crippen LogP contribution in [0.1, 0.15) is 24.1 Å². The lowest BCUT2D eigenvalue weighted by atomic mass is 10.1. The van der Waals surface area contributed by atoms with E-state index in [0.717, 1.165) is 15.4 Å². The van der Waals surface area contributed by atoms with Gasteiger partial charge in [-0.3, -0.25) is 9.10 Å². The lowest BCUT2D eigenvalue weighted by Crippen LogP contribution is -2.41. The van der Waals surface area contributed by atoms with Crippen molar-refractivity contribution in [2.24, 2.45) is 0 Å². The topological polar surface area (TPSA) is 84.9 Å². The summed E-state index contributed by atoms with van der Waals surface area (Å²) in [5.41, 5.74) is 2.08. The molecule has 0 aliphatic heterocycles. The van der Waals surface area contributed by atoms with Gasteiger partial charge in [0.2, 0.25) is 5.91 Å². The van der Waals surface area contributed by atoms with Crippen molar-refractivity contribution in [1.82, 2.24) is 5.32 Å². The molecule has 0 fully saturated rings. The highest BCUT2D eigenvalue weighted by atomic mass is 32.2. The minimum absolute atomic E-state index is 0.0786. The molecule has 1 N–H and O–H groups in total. The molecule has 0 aliphatic carbocycles. The molecule has 0 saturated heterocycles. The largest absolute Gasteiger partial charge is 0.497 e. The average molecular weight is 469 g/mol. The lowest BCUT2D eigenvalue weighted by Gasteiger charge is -2.26. The van der Waals surface area contributed by atoms with Crippen LogP contribution in [0.5, 0.6) is 11.5 Å². The summed E-state index contributed by atoms with van der Waals surface area (Å²) in [4.78, 5) is 13.1. The molecular formula is C25H28N2O5S. The SMILES string of the molecule is COc1ccc(N(CC(=O)NC(C)c2ccccc2)S(=O)(=O)c2ccc(C)cc2)c(OC)c1. The molecule has 8 heteroatoms. The Morgan fingerprint density at radius 2 is 1.64 bits per heavy atom. The van der Waals surface area contributed by atoms with Crippen LogP contribution in [0.4, 0.5) is 5.69 Å². The van der Waals surface area contributed by atoms with Gasteiger partial charge in [-0.2, -0.15) is 0 Å². The highest BCUT2D eigenvalue weighted by Crippen LogP contribution is 2.35. The Balaban J connectivity index is 1.98. The molecule has 7 nitrogen and oxygen atoms in total. The summed E-state index contributed by atoms with van der Waals surface area (Å²) in [6, 6.07) is 20.4. The normalized spacial score (nSPS) is 12.0. The zero-order valence-corrected chi connectivity index (χ0v) is 19.9. The fraction of sp³-hybridized carbons (Fsp3) is 0.240. The molecule has 0 aromatic heterocycles. The van der Waals surface area contributed by atoms with Gasteiger partial charge in [0, 0.05) is 6.07 Å². The molecule has 0 bridgehead atoms. The first-order valence-electron chi connectivity index (χ1n) is 10.4. The van der Waals surface area contributed by atoms with Crippen molar-refractivity contribution in [3.8, 4) is 11.5 Å². The zero-order chi connectivity index (χ0) is 24.0. The van der Waals surface area contributed by atoms with Crippen LogP contribution in [-0.2, 0) is 14.8 Å². The first-order valence-corrected chi connectivity index (χ1v) is 11.9. The second-order valence-electron chi connectivity index (χ2n) is 7.56. The third-order valence-corrected chi connectivity index (χ3v) is 7.00. The first-order chi connectivity index (χ1) is 15.8. The van der Waals surface area contributed by atoms with E-state index in [2.05, 4.69) is 5.32 Å². The molecule has 3 aromatic rings. The van der Waals surface area contributed by atoms with Crippen molar-refractivity contribution in [2.75, 3.05) is 25.1 Å². The predicted octanol–water partition coefficient (Wildman–Crippen LogP) is 4.08. The van der Waals surface area contributed by atoms with Gasteiger partial charge in [0.15, 0.2) is 0 Å². The van der Waals surface area contributed by atoms with Crippen LogP contribution in [-0.4, -0.2) is 35.1 Å². The summed E-state index contributed by atoms with van der Waals surface area (Å²) in [6.45, 7) is 3.30. The molecule has 3 aromatic carbocycles. The van der Waals surface area contributed by atoms with E-state index in [-0.39, 0.29) is 22.4 Å². The summed E-state index contributed by atoms with van der Waals surface area (Å²) in [6.07, 6.45) is 0. The fourth-order valence-electron chi connectivity index (χ4n) is 3.37. The summed E-state index contributed by atoms with van der Waals surface area (Å²) in [5, 5.41) is 2.88. The third kappa shape index (κ3) is 5.64. The Kier molecular flexibility index (Phi) is 7.60. The van der Waals surface area contributed by atoms with Crippen molar-refractivity contribution >= 4 is 21.6 Å². The second kappa shape index (κ2) is 10.4. The van der Waals surface area contributed by atoms with E-state index in [0.29, 0.717) is 5.75 Å². The van der Waals surface area contributed by atoms with Gasteiger partial charge in [-0.05, 0) is 43.7 Å². The summed E-state index contributed by atoms with van der Waals surface area (Å²) in [7, 11) is -1.12. The molecule has 1 amide bonds. The number of carbonyl (C=O) groups is 1. The smallest absolute Gasteiger partial charge is 0.264 e. The Hall–Kier alpha value is -3.52. The Morgan fingerprint density at radius 3 is 2.24 bits per heavy atom. The van der Waals surface area contributed by atoms with E-state index in [4.69, 9.17) is 9.47 Å². The highest BCUT2D eigenvalue weighted by molar-refractivity contribution is 7.92. The number of rotatable bonds is 9. The Morgan fingerprint density at radius 1 is 0.970 bits per heavy atom. The van der Waals surface area contributed by atoms with Crippen LogP contribution in [0.15, 0.2) is 77.7 Å². The monoisotopic (exact) mass is 468 g/mol. The average Bonchev–Trinajstić information content (AvgIpc) is 2.83. The summed E-state index contributed by atoms with van der Waals surface area (Å²) < 4.78 is 39.0. The molecule has 0 radical (unpaired) electrons. The van der Waals surface area contributed by atoms with E-state index in [9.17, 15) is 13.2 Å². The van der Waals surface area contributed by atoms with Crippen LogP contribution in [0.2, 0.25) is 0 Å². The summed E-state index contributed by atoms with van der Waals surface area (Å²) >= 11 is 0. The van der Waals surface area contributed by atoms with Crippen molar-refractivity contribution in [3.63, 3.8) is 0 Å². The Bertz CT molecular complexity index is 1200. The van der Waals surface area contributed by atoms with Gasteiger partial charge < -0.3 is 14.8 Å². The maximum absolute atomic E-state index is 13.6. The minimum Gasteiger partial charge on any atom is -0.497 e. The van der Waals surface area contributed by atoms with Crippen LogP contribution < -0.4 is 19.1 Å². The lowest BCUT2D eigenvalue weighted by molar-refractivity contribution is -0.120. The molecule has 0 aliphatic rings. The predicted molar refractivity (Wildman–Crippen MR) is 128 cm³/mol. The van der Waals surface area contributed by atoms with Crippen LogP contribution >= 0.6 is 0 Å². The maximum Gasteiger partial charge on any atom is 0.264 e. The van der Waals surface area contributed by atoms with Crippen molar-refractivity contribution in [2.45, 2.75) is 24.8 Å². The number of benzene rings is 3. The molecule has 1 atom stereocenters. The molecule has 174 valence electrons. The molecule has 0 heterocycles. The number of nitrogens with one attached hydrogen (secondary N) is 1. The number of ether oxygens (including phenoxy) is 2. The molecular weight excluding hydrogens is 440 g/mol. The van der Waals surface area contributed by atoms with Gasteiger partial charge in [-0.1, -0.05) is 48.0 Å². The van der Waals surface area contributed by atoms with E-state index >= 15 is 0 Å². The quantitative estimate of drug-likeness (QED) is 0.511. The van der Waals surface area contributed by atoms with Crippen molar-refractivity contribution in [1.29, 1.82) is 0 Å². The molecule has 33 heavy (non-hydrogen) atoms. The van der Waals surface area contributed by atoms with Gasteiger partial charge in [0.25, 0.3) is 10.0 Å². The highest BCUT2D eigenvalue weighted by Gasteiger charge is 2.30. The van der Waals surface area contributed by atoms with Gasteiger partial charge in [-0.15, -0.1) is 0 Å². The minimum atomic E-state index is -4.07. The second-order valence-corrected chi connectivity index (χ2v) is 9.42. The van der Waals surface area contributed by atoms with Gasteiger partial charge in [-0.25, -0.2) is 8.42 Å². The van der Waals surface area contributed by atoms with Gasteiger partial charge in [0.05, 0.1) is 30.8 Å². The van der Waals surface area contributed by atoms with Crippen LogP contribution in [0.3, 0.4) is 0 Å². The van der Waals surface area contributed by atoms with Crippen molar-refractivity contribution in [3.05, 3.63) is 83.9 Å². The van der Waals surface area contributed by atoms with Gasteiger partial charge in [0.1, 0.15) is 18.0 Å². The zero-order valence-electron chi connectivity index (χ0n) is 19.1. The number of amides is 1. The summed E-state index contributed by atoms with van der Waals surface area (Å²) in [5.74, 6) is 0.333. The van der Waals surface area contributed by atoms with E-state index < -0.39 is 22.5 Å². The molecule has 1 unspecified atom stereocenters. The fourth-order valence-corrected chi connectivity index (χ4v) is 4.80. The molecule has 3 rings (SSSR count). The number of nitrogens with zero attached hydrogens (tertiary/aromatic N) is 1. The third-order valence-electron chi connectivity index (χ3n) is 5.23. The first kappa shape index (κ1) is 24.1. The maximum atomic E-state index is 13.6. The van der Waals surface area contributed by atoms with Crippen molar-refractivity contribution < 1.29 is 22.7 Å². The Labute approximate surface area is 195 Å². The number of anilines is 1. The molecule has 0 saturated carbocycles. The van der Waals surface area contributed by atoms with Gasteiger partial charge >= 0.3 is 0 Å². The van der Waals surface area contributed by atoms with E-state index in [1.54, 1.807) is 30.3 Å². The van der Waals surface area contributed by atoms with E-state index in [1.165, 1.54) is 26.4 Å². The number of methoxy groups -OCH3 is 2. The van der Waals surface area contributed by atoms with Crippen LogP contribution in [0, 0.1) is 6.92 Å². The number of aryl methyl sites for hydroxylation is 1. The number of carbonyl (C=O) groups excluding carboxylic acids is 1. The number of hydrogen-bond donors (Lipinski definition) is 1. The standard InChI is InChI=1S/C25H28N2O5S/c1-18-10-13-22(14-11-18)33(29,30)27(23-15-12-21(31-3)16-24(23)32-4)17-25(28)26-19(2)20-8-6-5-7-9-20/h5-16,19H,17H2,1-4H3,(H,26,28). The number of hydrogen-bond acceptors (Lipinski definition) is 5. The molecule has 0 spiro atoms. The van der Waals surface area contributed by atoms with Crippen LogP contribution in [0.25, 0.3) is 0 Å².